The molecule has 1 aromatic heterocycles. The van der Waals surface area contributed by atoms with E-state index in [2.05, 4.69) is 28.1 Å². The highest BCUT2D eigenvalue weighted by Crippen LogP contribution is 2.43. The molecule has 1 heterocycles. The molecule has 1 atom stereocenters. The predicted molar refractivity (Wildman–Crippen MR) is 86.7 cm³/mol. The van der Waals surface area contributed by atoms with Gasteiger partial charge in [0.05, 0.1) is 19.0 Å². The number of aryl methyl sites for hydroxylation is 2. The average Bonchev–Trinajstić information content (AvgIpc) is 3.07. The highest BCUT2D eigenvalue weighted by atomic mass is 79.9. The summed E-state index contributed by atoms with van der Waals surface area (Å²) in [6.07, 6.45) is 3.77. The number of hydrogen-bond donors (Lipinski definition) is 0. The van der Waals surface area contributed by atoms with Crippen molar-refractivity contribution in [2.45, 2.75) is 24.1 Å². The van der Waals surface area contributed by atoms with Crippen LogP contribution in [0.1, 0.15) is 32.1 Å². The van der Waals surface area contributed by atoms with E-state index in [4.69, 9.17) is 9.47 Å². The van der Waals surface area contributed by atoms with Gasteiger partial charge in [-0.05, 0) is 37.0 Å². The van der Waals surface area contributed by atoms with Gasteiger partial charge in [-0.3, -0.25) is 0 Å². The maximum absolute atomic E-state index is 5.50. The first-order valence-corrected chi connectivity index (χ1v) is 8.43. The molecule has 0 amide bonds. The molecule has 106 valence electrons. The standard InChI is InChI=1S/C16H17BrO2S/c1-18-11-6-7-12(13(9-11)19-2)16(17)15-8-10-4-3-5-14(10)20-15/h6-9,16H,3-5H2,1-2H3. The van der Waals surface area contributed by atoms with Crippen LogP contribution in [0.15, 0.2) is 24.3 Å². The minimum absolute atomic E-state index is 0.180. The van der Waals surface area contributed by atoms with Crippen molar-refractivity contribution in [3.8, 4) is 11.5 Å². The van der Waals surface area contributed by atoms with Gasteiger partial charge in [0.25, 0.3) is 0 Å². The second-order valence-electron chi connectivity index (χ2n) is 4.92. The number of alkyl halides is 1. The molecule has 1 aliphatic carbocycles. The van der Waals surface area contributed by atoms with Crippen LogP contribution < -0.4 is 9.47 Å². The average molecular weight is 353 g/mol. The lowest BCUT2D eigenvalue weighted by molar-refractivity contribution is 0.391. The van der Waals surface area contributed by atoms with Gasteiger partial charge in [-0.25, -0.2) is 0 Å². The monoisotopic (exact) mass is 352 g/mol. The summed E-state index contributed by atoms with van der Waals surface area (Å²) in [6, 6.07) is 8.33. The van der Waals surface area contributed by atoms with E-state index in [9.17, 15) is 0 Å². The van der Waals surface area contributed by atoms with Crippen LogP contribution in [0.2, 0.25) is 0 Å². The van der Waals surface area contributed by atoms with Gasteiger partial charge in [0, 0.05) is 21.4 Å². The number of rotatable bonds is 4. The number of halogens is 1. The molecule has 0 spiro atoms. The molecule has 0 N–H and O–H groups in total. The lowest BCUT2D eigenvalue weighted by Gasteiger charge is -2.14. The van der Waals surface area contributed by atoms with Crippen LogP contribution in [0.25, 0.3) is 0 Å². The van der Waals surface area contributed by atoms with Gasteiger partial charge in [-0.1, -0.05) is 22.0 Å². The van der Waals surface area contributed by atoms with Gasteiger partial charge in [-0.15, -0.1) is 11.3 Å². The van der Waals surface area contributed by atoms with Gasteiger partial charge < -0.3 is 9.47 Å². The highest BCUT2D eigenvalue weighted by molar-refractivity contribution is 9.09. The maximum atomic E-state index is 5.50. The summed E-state index contributed by atoms with van der Waals surface area (Å²) < 4.78 is 10.8. The molecule has 0 aliphatic heterocycles. The zero-order valence-corrected chi connectivity index (χ0v) is 14.0. The molecule has 0 saturated heterocycles. The lowest BCUT2D eigenvalue weighted by Crippen LogP contribution is -1.96. The Balaban J connectivity index is 1.94. The Morgan fingerprint density at radius 2 is 2.00 bits per heavy atom. The normalized spacial score (nSPS) is 14.9. The first kappa shape index (κ1) is 14.0. The van der Waals surface area contributed by atoms with E-state index in [0.29, 0.717) is 0 Å². The van der Waals surface area contributed by atoms with Gasteiger partial charge in [0.15, 0.2) is 0 Å². The minimum atomic E-state index is 0.180. The fourth-order valence-electron chi connectivity index (χ4n) is 2.66. The van der Waals surface area contributed by atoms with Crippen LogP contribution in [-0.4, -0.2) is 14.2 Å². The van der Waals surface area contributed by atoms with Crippen LogP contribution >= 0.6 is 27.3 Å². The van der Waals surface area contributed by atoms with Gasteiger partial charge in [0.1, 0.15) is 11.5 Å². The molecule has 2 aromatic rings. The summed E-state index contributed by atoms with van der Waals surface area (Å²) in [5.41, 5.74) is 2.68. The van der Waals surface area contributed by atoms with Crippen LogP contribution in [0.4, 0.5) is 0 Å². The smallest absolute Gasteiger partial charge is 0.127 e. The zero-order chi connectivity index (χ0) is 14.1. The van der Waals surface area contributed by atoms with Crippen molar-refractivity contribution in [1.29, 1.82) is 0 Å². The fourth-order valence-corrected chi connectivity index (χ4v) is 4.70. The molecule has 1 aromatic carbocycles. The van der Waals surface area contributed by atoms with Crippen molar-refractivity contribution in [3.63, 3.8) is 0 Å². The number of fused-ring (bicyclic) bond motifs is 1. The molecular formula is C16H17BrO2S. The minimum Gasteiger partial charge on any atom is -0.497 e. The van der Waals surface area contributed by atoms with Crippen LogP contribution in [0.5, 0.6) is 11.5 Å². The van der Waals surface area contributed by atoms with Crippen LogP contribution in [0.3, 0.4) is 0 Å². The summed E-state index contributed by atoms with van der Waals surface area (Å²) in [7, 11) is 3.37. The van der Waals surface area contributed by atoms with E-state index in [0.717, 1.165) is 17.1 Å². The van der Waals surface area contributed by atoms with E-state index in [1.165, 1.54) is 29.7 Å². The van der Waals surface area contributed by atoms with Gasteiger partial charge in [-0.2, -0.15) is 0 Å². The molecule has 4 heteroatoms. The molecule has 1 unspecified atom stereocenters. The Morgan fingerprint density at radius 3 is 2.70 bits per heavy atom. The second-order valence-corrected chi connectivity index (χ2v) is 7.01. The topological polar surface area (TPSA) is 18.5 Å². The molecule has 0 fully saturated rings. The fraction of sp³-hybridized carbons (Fsp3) is 0.375. The van der Waals surface area contributed by atoms with Crippen molar-refractivity contribution >= 4 is 27.3 Å². The van der Waals surface area contributed by atoms with E-state index in [1.54, 1.807) is 19.1 Å². The first-order chi connectivity index (χ1) is 9.72. The Labute approximate surface area is 131 Å². The van der Waals surface area contributed by atoms with E-state index in [1.807, 2.05) is 23.5 Å². The summed E-state index contributed by atoms with van der Waals surface area (Å²) in [5.74, 6) is 1.68. The van der Waals surface area contributed by atoms with Crippen molar-refractivity contribution in [2.24, 2.45) is 0 Å². The summed E-state index contributed by atoms with van der Waals surface area (Å²) in [4.78, 5) is 3.09. The summed E-state index contributed by atoms with van der Waals surface area (Å²) in [6.45, 7) is 0. The maximum Gasteiger partial charge on any atom is 0.127 e. The third-order valence-electron chi connectivity index (χ3n) is 3.73. The van der Waals surface area contributed by atoms with E-state index in [-0.39, 0.29) is 4.83 Å². The quantitative estimate of drug-likeness (QED) is 0.740. The molecule has 2 nitrogen and oxygen atoms in total. The molecule has 1 aliphatic rings. The first-order valence-electron chi connectivity index (χ1n) is 6.70. The van der Waals surface area contributed by atoms with Crippen molar-refractivity contribution in [3.05, 3.63) is 45.1 Å². The van der Waals surface area contributed by atoms with Crippen LogP contribution in [0, 0.1) is 0 Å². The van der Waals surface area contributed by atoms with Crippen LogP contribution in [-0.2, 0) is 12.8 Å². The van der Waals surface area contributed by atoms with Crippen molar-refractivity contribution in [2.75, 3.05) is 14.2 Å². The molecular weight excluding hydrogens is 336 g/mol. The third-order valence-corrected chi connectivity index (χ3v) is 6.32. The summed E-state index contributed by atoms with van der Waals surface area (Å²) >= 11 is 5.74. The van der Waals surface area contributed by atoms with Crippen molar-refractivity contribution in [1.82, 2.24) is 0 Å². The van der Waals surface area contributed by atoms with Gasteiger partial charge in [0.2, 0.25) is 0 Å². The van der Waals surface area contributed by atoms with E-state index >= 15 is 0 Å². The number of methoxy groups -OCH3 is 2. The largest absolute Gasteiger partial charge is 0.497 e. The molecule has 3 rings (SSSR count). The SMILES string of the molecule is COc1ccc(C(Br)c2cc3c(s2)CCC3)c(OC)c1. The second kappa shape index (κ2) is 5.78. The Morgan fingerprint density at radius 1 is 1.15 bits per heavy atom. The summed E-state index contributed by atoms with van der Waals surface area (Å²) in [5, 5.41) is 0. The molecule has 20 heavy (non-hydrogen) atoms. The number of hydrogen-bond acceptors (Lipinski definition) is 3. The lowest BCUT2D eigenvalue weighted by atomic mass is 10.1. The highest BCUT2D eigenvalue weighted by Gasteiger charge is 2.22. The van der Waals surface area contributed by atoms with E-state index < -0.39 is 0 Å². The molecule has 0 radical (unpaired) electrons. The molecule has 0 bridgehead atoms. The third kappa shape index (κ3) is 2.47. The van der Waals surface area contributed by atoms with Crippen molar-refractivity contribution < 1.29 is 9.47 Å². The van der Waals surface area contributed by atoms with Gasteiger partial charge >= 0.3 is 0 Å². The number of thiophene rings is 1. The Hall–Kier alpha value is -1.00. The molecule has 0 saturated carbocycles. The Bertz CT molecular complexity index is 599. The number of benzene rings is 1. The number of ether oxygens (including phenoxy) is 2. The predicted octanol–water partition coefficient (Wildman–Crippen LogP) is 4.74. The Kier molecular flexibility index (Phi) is 4.03. The zero-order valence-electron chi connectivity index (χ0n) is 11.6.